The van der Waals surface area contributed by atoms with Crippen molar-refractivity contribution < 1.29 is 23.4 Å². The summed E-state index contributed by atoms with van der Waals surface area (Å²) in [4.78, 5) is 31.3. The van der Waals surface area contributed by atoms with Crippen molar-refractivity contribution in [3.05, 3.63) is 113 Å². The first-order valence-corrected chi connectivity index (χ1v) is 15.0. The number of benzene rings is 2. The van der Waals surface area contributed by atoms with Gasteiger partial charge in [-0.25, -0.2) is 9.37 Å². The van der Waals surface area contributed by atoms with Gasteiger partial charge < -0.3 is 24.5 Å². The largest absolute Gasteiger partial charge is 0.383 e. The normalized spacial score (nSPS) is 14.8. The molecule has 0 radical (unpaired) electrons. The van der Waals surface area contributed by atoms with Crippen molar-refractivity contribution in [2.45, 2.75) is 25.6 Å². The smallest absolute Gasteiger partial charge is 0.200 e. The lowest BCUT2D eigenvalue weighted by molar-refractivity contribution is -0.0946. The molecular formula is C35H34FN5O5. The van der Waals surface area contributed by atoms with Crippen molar-refractivity contribution in [3.63, 3.8) is 0 Å². The highest BCUT2D eigenvalue weighted by Gasteiger charge is 2.18. The molecule has 0 amide bonds. The van der Waals surface area contributed by atoms with Gasteiger partial charge in [-0.1, -0.05) is 36.4 Å². The Morgan fingerprint density at radius 3 is 2.48 bits per heavy atom. The van der Waals surface area contributed by atoms with Gasteiger partial charge in [0.15, 0.2) is 11.2 Å². The average molecular weight is 624 g/mol. The molecule has 236 valence electrons. The summed E-state index contributed by atoms with van der Waals surface area (Å²) in [6, 6.07) is 15.1. The number of carbonyl (C=O) groups excluding carboxylic acids is 1. The van der Waals surface area contributed by atoms with E-state index in [0.717, 1.165) is 27.8 Å². The van der Waals surface area contributed by atoms with E-state index in [9.17, 15) is 14.0 Å². The molecule has 2 aromatic carbocycles. The monoisotopic (exact) mass is 623 g/mol. The SMILES string of the molecule is COCCn1cc(C(=O)Cc2ccc(-c3cc(-c4cnn(C[C@H]5COCCO5)c4)cnc3N)cc2)c(=O)c(-c2ccc(F)cc2)c1. The van der Waals surface area contributed by atoms with Crippen LogP contribution in [0, 0.1) is 5.82 Å². The second-order valence-corrected chi connectivity index (χ2v) is 11.1. The zero-order valence-corrected chi connectivity index (χ0v) is 25.4. The maximum absolute atomic E-state index is 13.6. The van der Waals surface area contributed by atoms with E-state index in [1.54, 1.807) is 36.5 Å². The van der Waals surface area contributed by atoms with Crippen LogP contribution in [-0.2, 0) is 33.7 Å². The Bertz CT molecular complexity index is 1880. The highest BCUT2D eigenvalue weighted by atomic mass is 19.1. The molecule has 4 heterocycles. The summed E-state index contributed by atoms with van der Waals surface area (Å²) in [6.45, 7) is 3.16. The van der Waals surface area contributed by atoms with Crippen LogP contribution < -0.4 is 11.2 Å². The minimum atomic E-state index is -0.407. The molecule has 0 spiro atoms. The van der Waals surface area contributed by atoms with Gasteiger partial charge >= 0.3 is 0 Å². The van der Waals surface area contributed by atoms with Gasteiger partial charge in [-0.3, -0.25) is 14.3 Å². The molecular weight excluding hydrogens is 589 g/mol. The number of hydrogen-bond acceptors (Lipinski definition) is 8. The fourth-order valence-electron chi connectivity index (χ4n) is 5.40. The first-order valence-electron chi connectivity index (χ1n) is 15.0. The van der Waals surface area contributed by atoms with E-state index >= 15 is 0 Å². The Hall–Kier alpha value is -4.97. The number of hydrogen-bond donors (Lipinski definition) is 1. The topological polar surface area (TPSA) is 123 Å². The number of nitrogens with zero attached hydrogens (tertiary/aromatic N) is 4. The lowest BCUT2D eigenvalue weighted by Gasteiger charge is -2.22. The number of Topliss-reactive ketones (excluding diaryl/α,β-unsaturated/α-hetero) is 1. The predicted molar refractivity (Wildman–Crippen MR) is 172 cm³/mol. The van der Waals surface area contributed by atoms with E-state index in [0.29, 0.717) is 56.5 Å². The van der Waals surface area contributed by atoms with Crippen molar-refractivity contribution >= 4 is 11.6 Å². The van der Waals surface area contributed by atoms with Crippen LogP contribution in [0.5, 0.6) is 0 Å². The summed E-state index contributed by atoms with van der Waals surface area (Å²) < 4.78 is 33.5. The van der Waals surface area contributed by atoms with Crippen LogP contribution in [0.25, 0.3) is 33.4 Å². The lowest BCUT2D eigenvalue weighted by atomic mass is 9.97. The highest BCUT2D eigenvalue weighted by Crippen LogP contribution is 2.30. The van der Waals surface area contributed by atoms with E-state index in [2.05, 4.69) is 10.1 Å². The van der Waals surface area contributed by atoms with Gasteiger partial charge in [-0.2, -0.15) is 5.10 Å². The van der Waals surface area contributed by atoms with E-state index in [4.69, 9.17) is 19.9 Å². The predicted octanol–water partition coefficient (Wildman–Crippen LogP) is 4.65. The van der Waals surface area contributed by atoms with Gasteiger partial charge in [0.25, 0.3) is 0 Å². The minimum Gasteiger partial charge on any atom is -0.383 e. The Morgan fingerprint density at radius 1 is 0.978 bits per heavy atom. The third-order valence-electron chi connectivity index (χ3n) is 7.88. The zero-order chi connectivity index (χ0) is 32.0. The Kier molecular flexibility index (Phi) is 9.43. The fraction of sp³-hybridized carbons (Fsp3) is 0.257. The third kappa shape index (κ3) is 7.12. The molecule has 1 fully saturated rings. The van der Waals surface area contributed by atoms with Crippen molar-refractivity contribution in [2.24, 2.45) is 0 Å². The second kappa shape index (κ2) is 14.0. The number of carbonyl (C=O) groups is 1. The molecule has 1 atom stereocenters. The van der Waals surface area contributed by atoms with Gasteiger partial charge in [0.2, 0.25) is 0 Å². The molecule has 1 saturated heterocycles. The fourth-order valence-corrected chi connectivity index (χ4v) is 5.40. The molecule has 10 nitrogen and oxygen atoms in total. The summed E-state index contributed by atoms with van der Waals surface area (Å²) in [5.41, 5.74) is 10.9. The first-order chi connectivity index (χ1) is 22.4. The maximum atomic E-state index is 13.6. The summed E-state index contributed by atoms with van der Waals surface area (Å²) in [5.74, 6) is -0.351. The zero-order valence-electron chi connectivity index (χ0n) is 25.4. The molecule has 3 aromatic heterocycles. The standard InChI is InChI=1S/C35H34FN5O5/c1-44-11-10-40-20-31(25-6-8-28(36)9-7-25)34(43)32(21-40)33(42)14-23-2-4-24(5-3-23)30-15-26(16-38-35(30)37)27-17-39-41(18-27)19-29-22-45-12-13-46-29/h2-9,15-18,20-21,29H,10-14,19,22H2,1H3,(H2,37,38)/t29-/m0/s1. The summed E-state index contributed by atoms with van der Waals surface area (Å²) >= 11 is 0. The van der Waals surface area contributed by atoms with Crippen molar-refractivity contribution in [1.29, 1.82) is 0 Å². The highest BCUT2D eigenvalue weighted by molar-refractivity contribution is 5.98. The number of pyridine rings is 2. The van der Waals surface area contributed by atoms with Gasteiger partial charge in [-0.15, -0.1) is 0 Å². The molecule has 0 aliphatic carbocycles. The van der Waals surface area contributed by atoms with Crippen molar-refractivity contribution in [1.82, 2.24) is 19.3 Å². The minimum absolute atomic E-state index is 0.0232. The summed E-state index contributed by atoms with van der Waals surface area (Å²) in [7, 11) is 1.58. The quantitative estimate of drug-likeness (QED) is 0.211. The van der Waals surface area contributed by atoms with E-state index < -0.39 is 11.2 Å². The molecule has 5 aromatic rings. The maximum Gasteiger partial charge on any atom is 0.200 e. The number of methoxy groups -OCH3 is 1. The molecule has 1 aliphatic heterocycles. The number of nitrogen functional groups attached to an aromatic ring is 1. The van der Waals surface area contributed by atoms with Gasteiger partial charge in [0.05, 0.1) is 44.7 Å². The molecule has 0 bridgehead atoms. The molecule has 11 heteroatoms. The van der Waals surface area contributed by atoms with E-state index in [-0.39, 0.29) is 23.9 Å². The molecule has 0 saturated carbocycles. The summed E-state index contributed by atoms with van der Waals surface area (Å²) in [6.07, 6.45) is 8.64. The number of nitrogens with two attached hydrogens (primary N) is 1. The van der Waals surface area contributed by atoms with Crippen LogP contribution in [0.2, 0.25) is 0 Å². The number of aromatic nitrogens is 4. The van der Waals surface area contributed by atoms with Crippen LogP contribution in [0.3, 0.4) is 0 Å². The molecule has 6 rings (SSSR count). The molecule has 0 unspecified atom stereocenters. The van der Waals surface area contributed by atoms with Crippen LogP contribution in [0.15, 0.2) is 90.4 Å². The second-order valence-electron chi connectivity index (χ2n) is 11.1. The number of rotatable bonds is 11. The van der Waals surface area contributed by atoms with Crippen LogP contribution >= 0.6 is 0 Å². The number of ether oxygens (including phenoxy) is 3. The lowest BCUT2D eigenvalue weighted by Crippen LogP contribution is -2.32. The Balaban J connectivity index is 1.20. The number of anilines is 1. The average Bonchev–Trinajstić information content (AvgIpc) is 3.54. The van der Waals surface area contributed by atoms with E-state index in [1.165, 1.54) is 24.3 Å². The van der Waals surface area contributed by atoms with Crippen LogP contribution in [0.1, 0.15) is 15.9 Å². The van der Waals surface area contributed by atoms with Crippen molar-refractivity contribution in [2.75, 3.05) is 39.3 Å². The summed E-state index contributed by atoms with van der Waals surface area (Å²) in [5, 5.41) is 4.47. The Labute approximate surface area is 265 Å². The van der Waals surface area contributed by atoms with Crippen molar-refractivity contribution in [3.8, 4) is 33.4 Å². The van der Waals surface area contributed by atoms with Gasteiger partial charge in [0.1, 0.15) is 17.7 Å². The number of ketones is 1. The molecule has 1 aliphatic rings. The third-order valence-corrected chi connectivity index (χ3v) is 7.88. The van der Waals surface area contributed by atoms with Crippen LogP contribution in [0.4, 0.5) is 10.2 Å². The number of halogens is 1. The van der Waals surface area contributed by atoms with E-state index in [1.807, 2.05) is 41.2 Å². The Morgan fingerprint density at radius 2 is 1.74 bits per heavy atom. The molecule has 2 N–H and O–H groups in total. The van der Waals surface area contributed by atoms with Gasteiger partial charge in [0, 0.05) is 67.1 Å². The van der Waals surface area contributed by atoms with Crippen LogP contribution in [-0.4, -0.2) is 64.8 Å². The molecule has 46 heavy (non-hydrogen) atoms. The van der Waals surface area contributed by atoms with Gasteiger partial charge in [-0.05, 0) is 34.9 Å². The first kappa shape index (κ1) is 31.0.